The van der Waals surface area contributed by atoms with Crippen molar-refractivity contribution in [2.45, 2.75) is 38.5 Å². The average Bonchev–Trinajstić information content (AvgIpc) is 2.26. The van der Waals surface area contributed by atoms with Gasteiger partial charge in [0.15, 0.2) is 0 Å². The van der Waals surface area contributed by atoms with E-state index in [2.05, 4.69) is 5.32 Å². The molecule has 2 amide bonds. The molecule has 1 fully saturated rings. The van der Waals surface area contributed by atoms with Gasteiger partial charge in [-0.1, -0.05) is 0 Å². The predicted octanol–water partition coefficient (Wildman–Crippen LogP) is -0.359. The van der Waals surface area contributed by atoms with Crippen molar-refractivity contribution in [1.29, 1.82) is 0 Å². The van der Waals surface area contributed by atoms with E-state index in [-0.39, 0.29) is 13.2 Å². The van der Waals surface area contributed by atoms with Crippen LogP contribution in [0.25, 0.3) is 0 Å². The number of carbonyl (C=O) groups excluding carboxylic acids is 1. The Labute approximate surface area is 106 Å². The molecule has 2 atom stereocenters. The second-order valence-electron chi connectivity index (χ2n) is 5.07. The number of hydrogen-bond acceptors (Lipinski definition) is 4. The van der Waals surface area contributed by atoms with Crippen LogP contribution in [0.3, 0.4) is 0 Å². The zero-order chi connectivity index (χ0) is 13.9. The number of amides is 2. The molecule has 0 bridgehead atoms. The van der Waals surface area contributed by atoms with Gasteiger partial charge in [-0.25, -0.2) is 4.79 Å². The Hall–Kier alpha value is -1.34. The molecule has 1 unspecified atom stereocenters. The number of morpholine rings is 1. The van der Waals surface area contributed by atoms with E-state index in [0.717, 1.165) is 0 Å². The highest BCUT2D eigenvalue weighted by Crippen LogP contribution is 2.20. The lowest BCUT2D eigenvalue weighted by molar-refractivity contribution is -0.141. The molecule has 1 aliphatic rings. The van der Waals surface area contributed by atoms with Gasteiger partial charge in [-0.2, -0.15) is 0 Å². The topological polar surface area (TPSA) is 99.1 Å². The van der Waals surface area contributed by atoms with Crippen LogP contribution in [0.1, 0.15) is 20.8 Å². The Morgan fingerprint density at radius 1 is 1.56 bits per heavy atom. The van der Waals surface area contributed by atoms with E-state index < -0.39 is 29.7 Å². The fourth-order valence-corrected chi connectivity index (χ4v) is 1.88. The Balaban J connectivity index is 2.64. The Morgan fingerprint density at radius 2 is 2.17 bits per heavy atom. The number of rotatable bonds is 3. The number of hydrogen-bond donors (Lipinski definition) is 3. The van der Waals surface area contributed by atoms with Crippen molar-refractivity contribution in [3.05, 3.63) is 0 Å². The summed E-state index contributed by atoms with van der Waals surface area (Å²) in [6.07, 6.45) is -0.445. The lowest BCUT2D eigenvalue weighted by atomic mass is 10.1. The third-order valence-corrected chi connectivity index (χ3v) is 2.68. The summed E-state index contributed by atoms with van der Waals surface area (Å²) in [4.78, 5) is 24.0. The first-order valence-corrected chi connectivity index (χ1v) is 5.82. The standard InChI is InChI=1S/C11H20N2O5/c1-7(9(15)16)12-10(17)13-4-8(5-14)18-11(2,3)6-13/h7-8,14H,4-6H2,1-3H3,(H,12,17)(H,15,16)/t7-,8?/m1/s1. The van der Waals surface area contributed by atoms with Crippen molar-refractivity contribution >= 4 is 12.0 Å². The van der Waals surface area contributed by atoms with Gasteiger partial charge in [0.2, 0.25) is 0 Å². The minimum atomic E-state index is -1.09. The molecule has 0 spiro atoms. The van der Waals surface area contributed by atoms with Gasteiger partial charge < -0.3 is 25.2 Å². The molecule has 7 nitrogen and oxygen atoms in total. The summed E-state index contributed by atoms with van der Waals surface area (Å²) in [5.41, 5.74) is -0.560. The van der Waals surface area contributed by atoms with Gasteiger partial charge in [0.25, 0.3) is 0 Å². The molecular formula is C11H20N2O5. The number of aliphatic carboxylic acids is 1. The molecule has 0 aromatic heterocycles. The van der Waals surface area contributed by atoms with Crippen molar-refractivity contribution in [3.8, 4) is 0 Å². The SMILES string of the molecule is C[C@@H](NC(=O)N1CC(CO)OC(C)(C)C1)C(=O)O. The smallest absolute Gasteiger partial charge is 0.325 e. The normalized spacial score (nSPS) is 24.4. The summed E-state index contributed by atoms with van der Waals surface area (Å²) >= 11 is 0. The monoisotopic (exact) mass is 260 g/mol. The molecule has 0 radical (unpaired) electrons. The minimum absolute atomic E-state index is 0.179. The molecular weight excluding hydrogens is 240 g/mol. The Morgan fingerprint density at radius 3 is 2.67 bits per heavy atom. The first kappa shape index (κ1) is 14.7. The maximum atomic E-state index is 11.9. The summed E-state index contributed by atoms with van der Waals surface area (Å²) in [6.45, 7) is 5.45. The van der Waals surface area contributed by atoms with Crippen molar-refractivity contribution in [1.82, 2.24) is 10.2 Å². The van der Waals surface area contributed by atoms with E-state index in [1.807, 2.05) is 13.8 Å². The van der Waals surface area contributed by atoms with Gasteiger partial charge >= 0.3 is 12.0 Å². The number of aliphatic hydroxyl groups excluding tert-OH is 1. The number of aliphatic hydroxyl groups is 1. The van der Waals surface area contributed by atoms with Crippen LogP contribution in [0.15, 0.2) is 0 Å². The largest absolute Gasteiger partial charge is 0.480 e. The molecule has 1 heterocycles. The molecule has 0 aromatic rings. The molecule has 104 valence electrons. The number of urea groups is 1. The first-order valence-electron chi connectivity index (χ1n) is 5.82. The molecule has 3 N–H and O–H groups in total. The summed E-state index contributed by atoms with van der Waals surface area (Å²) in [7, 11) is 0. The van der Waals surface area contributed by atoms with E-state index in [4.69, 9.17) is 14.9 Å². The molecule has 18 heavy (non-hydrogen) atoms. The van der Waals surface area contributed by atoms with Crippen LogP contribution >= 0.6 is 0 Å². The summed E-state index contributed by atoms with van der Waals surface area (Å²) in [5, 5.41) is 20.2. The van der Waals surface area contributed by atoms with E-state index in [1.165, 1.54) is 11.8 Å². The van der Waals surface area contributed by atoms with Crippen LogP contribution in [0.5, 0.6) is 0 Å². The fraction of sp³-hybridized carbons (Fsp3) is 0.818. The second kappa shape index (κ2) is 5.53. The molecule has 7 heteroatoms. The zero-order valence-corrected chi connectivity index (χ0v) is 10.8. The molecule has 0 saturated carbocycles. The van der Waals surface area contributed by atoms with Crippen molar-refractivity contribution in [2.75, 3.05) is 19.7 Å². The predicted molar refractivity (Wildman–Crippen MR) is 63.2 cm³/mol. The number of carboxylic acid groups (broad SMARTS) is 1. The van der Waals surface area contributed by atoms with Crippen molar-refractivity contribution in [3.63, 3.8) is 0 Å². The highest BCUT2D eigenvalue weighted by atomic mass is 16.5. The van der Waals surface area contributed by atoms with Crippen LogP contribution in [0.4, 0.5) is 4.79 Å². The van der Waals surface area contributed by atoms with Gasteiger partial charge in [0.05, 0.1) is 31.4 Å². The van der Waals surface area contributed by atoms with Gasteiger partial charge in [0, 0.05) is 0 Å². The lowest BCUT2D eigenvalue weighted by Gasteiger charge is -2.42. The summed E-state index contributed by atoms with van der Waals surface area (Å²) in [5.74, 6) is -1.09. The summed E-state index contributed by atoms with van der Waals surface area (Å²) in [6, 6.07) is -1.41. The maximum Gasteiger partial charge on any atom is 0.325 e. The van der Waals surface area contributed by atoms with E-state index in [0.29, 0.717) is 6.54 Å². The van der Waals surface area contributed by atoms with Gasteiger partial charge in [0.1, 0.15) is 6.04 Å². The molecule has 1 aliphatic heterocycles. The van der Waals surface area contributed by atoms with Gasteiger partial charge in [-0.3, -0.25) is 4.79 Å². The van der Waals surface area contributed by atoms with E-state index in [1.54, 1.807) is 0 Å². The number of ether oxygens (including phenoxy) is 1. The number of carboxylic acids is 1. The third kappa shape index (κ3) is 3.85. The quantitative estimate of drug-likeness (QED) is 0.643. The van der Waals surface area contributed by atoms with Crippen molar-refractivity contribution in [2.24, 2.45) is 0 Å². The van der Waals surface area contributed by atoms with Crippen LogP contribution in [0.2, 0.25) is 0 Å². The Bertz CT molecular complexity index is 331. The van der Waals surface area contributed by atoms with E-state index >= 15 is 0 Å². The molecule has 0 aliphatic carbocycles. The Kier molecular flexibility index (Phi) is 4.53. The second-order valence-corrected chi connectivity index (χ2v) is 5.07. The molecule has 1 rings (SSSR count). The molecule has 1 saturated heterocycles. The summed E-state index contributed by atoms with van der Waals surface area (Å²) < 4.78 is 5.57. The lowest BCUT2D eigenvalue weighted by Crippen LogP contribution is -2.59. The van der Waals surface area contributed by atoms with Crippen LogP contribution in [-0.2, 0) is 9.53 Å². The van der Waals surface area contributed by atoms with Crippen molar-refractivity contribution < 1.29 is 24.5 Å². The van der Waals surface area contributed by atoms with Crippen LogP contribution < -0.4 is 5.32 Å². The number of carbonyl (C=O) groups is 2. The van der Waals surface area contributed by atoms with Crippen LogP contribution in [-0.4, -0.2) is 64.6 Å². The zero-order valence-electron chi connectivity index (χ0n) is 10.8. The van der Waals surface area contributed by atoms with Gasteiger partial charge in [-0.05, 0) is 20.8 Å². The van der Waals surface area contributed by atoms with Crippen LogP contribution in [0, 0.1) is 0 Å². The fourth-order valence-electron chi connectivity index (χ4n) is 1.88. The number of nitrogens with zero attached hydrogens (tertiary/aromatic N) is 1. The van der Waals surface area contributed by atoms with E-state index in [9.17, 15) is 9.59 Å². The van der Waals surface area contributed by atoms with Gasteiger partial charge in [-0.15, -0.1) is 0 Å². The minimum Gasteiger partial charge on any atom is -0.480 e. The average molecular weight is 260 g/mol. The first-order chi connectivity index (χ1) is 8.25. The number of nitrogens with one attached hydrogen (secondary N) is 1. The maximum absolute atomic E-state index is 11.9. The third-order valence-electron chi connectivity index (χ3n) is 2.68. The highest BCUT2D eigenvalue weighted by Gasteiger charge is 2.35. The highest BCUT2D eigenvalue weighted by molar-refractivity contribution is 5.82. The molecule has 0 aromatic carbocycles.